The quantitative estimate of drug-likeness (QED) is 0.281. The normalized spacial score (nSPS) is 2.00. The van der Waals surface area contributed by atoms with Gasteiger partial charge in [0.15, 0.2) is 0 Å². The van der Waals surface area contributed by atoms with Crippen LogP contribution in [0.2, 0.25) is 0 Å². The first-order chi connectivity index (χ1) is 1.41. The molecule has 6 heavy (non-hydrogen) atoms. The average Bonchev–Trinajstić information content (AvgIpc) is 0.918. The minimum Gasteiger partial charge on any atom is -1.00 e. The minimum absolute atomic E-state index is 0. The molecule has 0 aliphatic heterocycles. The smallest absolute Gasteiger partial charge is 1.00 e. The third-order valence-corrected chi connectivity index (χ3v) is 0. The zero-order valence-electron chi connectivity index (χ0n) is 7.56. The van der Waals surface area contributed by atoms with Crippen molar-refractivity contribution in [2.24, 2.45) is 5.73 Å². The molecular formula is CH6K3NO. The summed E-state index contributed by atoms with van der Waals surface area (Å²) < 4.78 is 0. The van der Waals surface area contributed by atoms with Crippen LogP contribution in [0.25, 0.3) is 0 Å². The molecule has 5 heteroatoms. The van der Waals surface area contributed by atoms with E-state index < -0.39 is 0 Å². The van der Waals surface area contributed by atoms with E-state index in [-0.39, 0.29) is 165 Å². The van der Waals surface area contributed by atoms with Crippen molar-refractivity contribution in [3.05, 3.63) is 0 Å². The topological polar surface area (TPSA) is 43.1 Å². The van der Waals surface area contributed by atoms with Crippen molar-refractivity contribution in [2.75, 3.05) is 0 Å². The molecule has 0 heterocycles. The van der Waals surface area contributed by atoms with Crippen molar-refractivity contribution >= 4 is 6.41 Å². The second kappa shape index (κ2) is 22.8. The largest absolute Gasteiger partial charge is 1.00 e. The Bertz CT molecular complexity index is 26.5. The van der Waals surface area contributed by atoms with Gasteiger partial charge in [-0.05, 0) is 0 Å². The fourth-order valence-electron chi connectivity index (χ4n) is 0. The number of hydrogen-bond acceptors (Lipinski definition) is 1. The van der Waals surface area contributed by atoms with E-state index in [1.165, 1.54) is 0 Å². The van der Waals surface area contributed by atoms with E-state index in [0.29, 0.717) is 0 Å². The van der Waals surface area contributed by atoms with Gasteiger partial charge >= 0.3 is 154 Å². The Kier molecular flexibility index (Phi) is 85.1. The van der Waals surface area contributed by atoms with Gasteiger partial charge in [0.25, 0.3) is 0 Å². The Balaban J connectivity index is -0.00000000133. The van der Waals surface area contributed by atoms with Crippen molar-refractivity contribution in [1.82, 2.24) is 0 Å². The number of amides is 1. The summed E-state index contributed by atoms with van der Waals surface area (Å²) in [6.07, 6.45) is 0.250. The van der Waals surface area contributed by atoms with Gasteiger partial charge in [0.1, 0.15) is 0 Å². The molecule has 0 saturated carbocycles. The molecule has 0 aromatic carbocycles. The summed E-state index contributed by atoms with van der Waals surface area (Å²) in [5, 5.41) is 0. The van der Waals surface area contributed by atoms with Crippen molar-refractivity contribution in [3.63, 3.8) is 0 Å². The summed E-state index contributed by atoms with van der Waals surface area (Å²) in [4.78, 5) is 8.58. The van der Waals surface area contributed by atoms with Crippen LogP contribution in [0.5, 0.6) is 0 Å². The molecular weight excluding hydrogens is 159 g/mol. The number of primary amides is 1. The van der Waals surface area contributed by atoms with Crippen molar-refractivity contribution < 1.29 is 163 Å². The van der Waals surface area contributed by atoms with E-state index in [0.717, 1.165) is 0 Å². The number of rotatable bonds is 0. The molecule has 2 nitrogen and oxygen atoms in total. The first kappa shape index (κ1) is 22.4. The molecule has 0 rings (SSSR count). The molecule has 0 aromatic heterocycles. The van der Waals surface area contributed by atoms with Gasteiger partial charge in [-0.1, -0.05) is 0 Å². The van der Waals surface area contributed by atoms with Gasteiger partial charge in [0.2, 0.25) is 6.41 Å². The van der Waals surface area contributed by atoms with Crippen LogP contribution in [0.4, 0.5) is 0 Å². The molecule has 24 valence electrons. The van der Waals surface area contributed by atoms with Gasteiger partial charge < -0.3 is 10.0 Å². The van der Waals surface area contributed by atoms with Crippen molar-refractivity contribution in [1.29, 1.82) is 0 Å². The molecule has 0 unspecified atom stereocenters. The van der Waals surface area contributed by atoms with E-state index in [2.05, 4.69) is 5.73 Å². The van der Waals surface area contributed by atoms with Gasteiger partial charge in [-0.2, -0.15) is 0 Å². The second-order valence-electron chi connectivity index (χ2n) is 0.136. The van der Waals surface area contributed by atoms with Crippen LogP contribution in [0, 0.1) is 0 Å². The minimum atomic E-state index is 0. The summed E-state index contributed by atoms with van der Waals surface area (Å²) in [7, 11) is 0. The zero-order chi connectivity index (χ0) is 2.71. The Hall–Kier alpha value is 4.38. The van der Waals surface area contributed by atoms with Gasteiger partial charge in [0, 0.05) is 0 Å². The summed E-state index contributed by atoms with van der Waals surface area (Å²) in [6.45, 7) is 0. The number of hydrogen-bond donors (Lipinski definition) is 1. The number of carbonyl (C=O) groups excluding carboxylic acids is 1. The molecule has 0 radical (unpaired) electrons. The predicted molar refractivity (Wildman–Crippen MR) is 13.6 cm³/mol. The summed E-state index contributed by atoms with van der Waals surface area (Å²) in [6, 6.07) is 0. The molecule has 0 atom stereocenters. The van der Waals surface area contributed by atoms with Crippen LogP contribution in [0.1, 0.15) is 4.28 Å². The van der Waals surface area contributed by atoms with E-state index in [1.807, 2.05) is 0 Å². The van der Waals surface area contributed by atoms with Gasteiger partial charge in [-0.3, -0.25) is 4.79 Å². The maximum atomic E-state index is 8.58. The fourth-order valence-corrected chi connectivity index (χ4v) is 0. The van der Waals surface area contributed by atoms with E-state index in [4.69, 9.17) is 4.79 Å². The van der Waals surface area contributed by atoms with Gasteiger partial charge in [0.05, 0.1) is 0 Å². The Morgan fingerprint density at radius 1 is 1.33 bits per heavy atom. The SMILES string of the molecule is NC=O.[H-].[H-].[H-].[K+].[K+].[K+]. The summed E-state index contributed by atoms with van der Waals surface area (Å²) in [5.41, 5.74) is 4.17. The van der Waals surface area contributed by atoms with Crippen LogP contribution < -0.4 is 160 Å². The fraction of sp³-hybridized carbons (Fsp3) is 0. The molecule has 1 amide bonds. The monoisotopic (exact) mass is 165 g/mol. The van der Waals surface area contributed by atoms with Crippen LogP contribution in [0.3, 0.4) is 0 Å². The number of carbonyl (C=O) groups is 1. The standard InChI is InChI=1S/CH3NO.3K.3H/c2-1-3;;;;;;/h1H,(H2,2,3);;;;;;/q;3*+1;3*-1. The molecule has 0 bridgehead atoms. The molecule has 0 aromatic rings. The van der Waals surface area contributed by atoms with Crippen molar-refractivity contribution in [3.8, 4) is 0 Å². The van der Waals surface area contributed by atoms with Gasteiger partial charge in [-0.25, -0.2) is 0 Å². The van der Waals surface area contributed by atoms with E-state index in [9.17, 15) is 0 Å². The van der Waals surface area contributed by atoms with Gasteiger partial charge in [-0.15, -0.1) is 0 Å². The average molecular weight is 165 g/mol. The third-order valence-electron chi connectivity index (χ3n) is 0. The molecule has 0 spiro atoms. The van der Waals surface area contributed by atoms with E-state index >= 15 is 0 Å². The Morgan fingerprint density at radius 2 is 1.33 bits per heavy atom. The molecule has 0 saturated heterocycles. The Morgan fingerprint density at radius 3 is 1.33 bits per heavy atom. The molecule has 2 N–H and O–H groups in total. The molecule has 0 aliphatic rings. The van der Waals surface area contributed by atoms with Crippen LogP contribution in [-0.2, 0) is 4.79 Å². The van der Waals surface area contributed by atoms with Crippen LogP contribution in [0.15, 0.2) is 0 Å². The van der Waals surface area contributed by atoms with Crippen molar-refractivity contribution in [2.45, 2.75) is 0 Å². The Labute approximate surface area is 169 Å². The molecule has 0 fully saturated rings. The third kappa shape index (κ3) is 23.8. The van der Waals surface area contributed by atoms with Crippen LogP contribution in [-0.4, -0.2) is 6.41 Å². The first-order valence-electron chi connectivity index (χ1n) is 0.569. The number of nitrogens with two attached hydrogens (primary N) is 1. The summed E-state index contributed by atoms with van der Waals surface area (Å²) in [5.74, 6) is 0. The maximum Gasteiger partial charge on any atom is 1.00 e. The molecule has 0 aliphatic carbocycles. The van der Waals surface area contributed by atoms with E-state index in [1.54, 1.807) is 0 Å². The first-order valence-corrected chi connectivity index (χ1v) is 0.569. The summed E-state index contributed by atoms with van der Waals surface area (Å²) >= 11 is 0. The van der Waals surface area contributed by atoms with Crippen LogP contribution >= 0.6 is 0 Å². The maximum absolute atomic E-state index is 8.58. The second-order valence-corrected chi connectivity index (χ2v) is 0.136. The predicted octanol–water partition coefficient (Wildman–Crippen LogP) is -9.55. The zero-order valence-corrected chi connectivity index (χ0v) is 13.9.